The summed E-state index contributed by atoms with van der Waals surface area (Å²) < 4.78 is 44.8. The van der Waals surface area contributed by atoms with Crippen molar-refractivity contribution in [2.75, 3.05) is 25.0 Å². The van der Waals surface area contributed by atoms with E-state index < -0.39 is 22.4 Å². The van der Waals surface area contributed by atoms with Gasteiger partial charge in [-0.15, -0.1) is 0 Å². The molecule has 26 heavy (non-hydrogen) atoms. The molecule has 1 aliphatic heterocycles. The zero-order valence-electron chi connectivity index (χ0n) is 13.8. The summed E-state index contributed by atoms with van der Waals surface area (Å²) in [6.07, 6.45) is -1.11. The first-order valence-corrected chi connectivity index (χ1v) is 8.23. The van der Waals surface area contributed by atoms with E-state index in [-0.39, 0.29) is 11.7 Å². The van der Waals surface area contributed by atoms with Crippen LogP contribution < -0.4 is 5.32 Å². The number of anilines is 1. The van der Waals surface area contributed by atoms with Crippen LogP contribution in [0.3, 0.4) is 0 Å². The van der Waals surface area contributed by atoms with E-state index in [2.05, 4.69) is 10.2 Å². The molecule has 0 radical (unpaired) electrons. The van der Waals surface area contributed by atoms with Gasteiger partial charge in [0.2, 0.25) is 0 Å². The van der Waals surface area contributed by atoms with Gasteiger partial charge in [0.1, 0.15) is 11.3 Å². The fraction of sp³-hybridized carbons (Fsp3) is 0.412. The minimum absolute atomic E-state index is 0.114. The van der Waals surface area contributed by atoms with Crippen LogP contribution in [0.5, 0.6) is 0 Å². The van der Waals surface area contributed by atoms with E-state index in [4.69, 9.17) is 4.42 Å². The van der Waals surface area contributed by atoms with Crippen molar-refractivity contribution in [3.63, 3.8) is 0 Å². The van der Waals surface area contributed by atoms with Crippen LogP contribution in [0.25, 0.3) is 0 Å². The number of likely N-dealkylation sites (tertiary alicyclic amines) is 1. The van der Waals surface area contributed by atoms with Gasteiger partial charge in [-0.25, -0.2) is 0 Å². The molecule has 3 rings (SSSR count). The molecule has 1 aliphatic rings. The topological polar surface area (TPSA) is 71.5 Å². The highest BCUT2D eigenvalue weighted by Crippen LogP contribution is 2.37. The average Bonchev–Trinajstić information content (AvgIpc) is 3.28. The number of rotatable bonds is 6. The Labute approximate surface area is 147 Å². The Kier molecular flexibility index (Phi) is 5.17. The van der Waals surface area contributed by atoms with Crippen LogP contribution in [0, 0.1) is 10.1 Å². The van der Waals surface area contributed by atoms with Gasteiger partial charge >= 0.3 is 6.18 Å². The van der Waals surface area contributed by atoms with Gasteiger partial charge in [0.25, 0.3) is 5.69 Å². The number of hydrogen-bond acceptors (Lipinski definition) is 5. The summed E-state index contributed by atoms with van der Waals surface area (Å²) in [6.45, 7) is 2.12. The standard InChI is InChI=1S/C17H18F3N3O3/c18-17(19,20)13-10-12(5-6-14(13)23(24)25)21-11-15(16-4-3-9-26-16)22-7-1-2-8-22/h3-6,9-10,15,21H,1-2,7-8,11H2. The summed E-state index contributed by atoms with van der Waals surface area (Å²) in [5, 5.41) is 13.8. The molecule has 9 heteroatoms. The minimum atomic E-state index is -4.80. The summed E-state index contributed by atoms with van der Waals surface area (Å²) in [4.78, 5) is 12.0. The van der Waals surface area contributed by atoms with Gasteiger partial charge in [-0.2, -0.15) is 13.2 Å². The number of alkyl halides is 3. The molecule has 0 aliphatic carbocycles. The molecule has 1 aromatic heterocycles. The van der Waals surface area contributed by atoms with Gasteiger partial charge in [0.15, 0.2) is 0 Å². The Morgan fingerprint density at radius 2 is 2.00 bits per heavy atom. The first kappa shape index (κ1) is 18.2. The first-order chi connectivity index (χ1) is 12.4. The fourth-order valence-electron chi connectivity index (χ4n) is 3.19. The summed E-state index contributed by atoms with van der Waals surface area (Å²) in [6, 6.07) is 6.44. The largest absolute Gasteiger partial charge is 0.468 e. The van der Waals surface area contributed by atoms with E-state index in [0.717, 1.165) is 43.8 Å². The smallest absolute Gasteiger partial charge is 0.423 e. The fourth-order valence-corrected chi connectivity index (χ4v) is 3.19. The molecule has 1 unspecified atom stereocenters. The van der Waals surface area contributed by atoms with E-state index in [1.165, 1.54) is 6.07 Å². The summed E-state index contributed by atoms with van der Waals surface area (Å²) in [5.74, 6) is 0.734. The van der Waals surface area contributed by atoms with E-state index in [9.17, 15) is 23.3 Å². The molecule has 140 valence electrons. The van der Waals surface area contributed by atoms with Gasteiger partial charge in [-0.05, 0) is 50.2 Å². The zero-order chi connectivity index (χ0) is 18.7. The molecule has 2 aromatic rings. The molecule has 6 nitrogen and oxygen atoms in total. The van der Waals surface area contributed by atoms with Crippen LogP contribution in [-0.2, 0) is 6.18 Å². The Bertz CT molecular complexity index is 756. The predicted molar refractivity (Wildman–Crippen MR) is 88.8 cm³/mol. The van der Waals surface area contributed by atoms with Gasteiger partial charge < -0.3 is 9.73 Å². The number of hydrogen-bond donors (Lipinski definition) is 1. The van der Waals surface area contributed by atoms with E-state index in [1.807, 2.05) is 6.07 Å². The number of nitro benzene ring substituents is 1. The highest BCUT2D eigenvalue weighted by atomic mass is 19.4. The molecular weight excluding hydrogens is 351 g/mol. The Balaban J connectivity index is 1.80. The van der Waals surface area contributed by atoms with Crippen molar-refractivity contribution in [3.05, 3.63) is 58.0 Å². The SMILES string of the molecule is O=[N+]([O-])c1ccc(NCC(c2ccco2)N2CCCC2)cc1C(F)(F)F. The lowest BCUT2D eigenvalue weighted by Crippen LogP contribution is -2.30. The van der Waals surface area contributed by atoms with Crippen LogP contribution >= 0.6 is 0 Å². The van der Waals surface area contributed by atoms with Crippen LogP contribution in [-0.4, -0.2) is 29.5 Å². The molecule has 1 aromatic carbocycles. The molecular formula is C17H18F3N3O3. The summed E-state index contributed by atoms with van der Waals surface area (Å²) in [7, 11) is 0. The number of nitrogens with zero attached hydrogens (tertiary/aromatic N) is 2. The number of halogens is 3. The van der Waals surface area contributed by atoms with Crippen LogP contribution in [0.4, 0.5) is 24.5 Å². The molecule has 2 heterocycles. The Morgan fingerprint density at radius 3 is 2.58 bits per heavy atom. The zero-order valence-corrected chi connectivity index (χ0v) is 13.8. The molecule has 0 bridgehead atoms. The van der Waals surface area contributed by atoms with E-state index >= 15 is 0 Å². The Morgan fingerprint density at radius 1 is 1.27 bits per heavy atom. The lowest BCUT2D eigenvalue weighted by molar-refractivity contribution is -0.388. The molecule has 1 fully saturated rings. The molecule has 1 saturated heterocycles. The summed E-state index contributed by atoms with van der Waals surface area (Å²) in [5.41, 5.74) is -2.04. The quantitative estimate of drug-likeness (QED) is 0.601. The van der Waals surface area contributed by atoms with Crippen molar-refractivity contribution in [2.24, 2.45) is 0 Å². The van der Waals surface area contributed by atoms with Crippen LogP contribution in [0.1, 0.15) is 30.2 Å². The lowest BCUT2D eigenvalue weighted by Gasteiger charge is -2.26. The first-order valence-electron chi connectivity index (χ1n) is 8.23. The minimum Gasteiger partial charge on any atom is -0.468 e. The van der Waals surface area contributed by atoms with Crippen molar-refractivity contribution in [2.45, 2.75) is 25.1 Å². The third-order valence-electron chi connectivity index (χ3n) is 4.45. The maximum atomic E-state index is 13.1. The Hall–Kier alpha value is -2.55. The van der Waals surface area contributed by atoms with Crippen molar-refractivity contribution >= 4 is 11.4 Å². The molecule has 1 atom stereocenters. The second kappa shape index (κ2) is 7.36. The maximum Gasteiger partial charge on any atom is 0.423 e. The highest BCUT2D eigenvalue weighted by molar-refractivity contribution is 5.55. The van der Waals surface area contributed by atoms with E-state index in [0.29, 0.717) is 6.54 Å². The van der Waals surface area contributed by atoms with Crippen LogP contribution in [0.2, 0.25) is 0 Å². The molecule has 1 N–H and O–H groups in total. The predicted octanol–water partition coefficient (Wildman–Crippen LogP) is 4.46. The number of furan rings is 1. The molecule has 0 amide bonds. The van der Waals surface area contributed by atoms with Crippen molar-refractivity contribution in [1.29, 1.82) is 0 Å². The van der Waals surface area contributed by atoms with Gasteiger partial charge in [0.05, 0.1) is 17.2 Å². The van der Waals surface area contributed by atoms with Gasteiger partial charge in [0, 0.05) is 18.3 Å². The van der Waals surface area contributed by atoms with E-state index in [1.54, 1.807) is 12.3 Å². The third kappa shape index (κ3) is 3.98. The van der Waals surface area contributed by atoms with Gasteiger partial charge in [-0.3, -0.25) is 15.0 Å². The van der Waals surface area contributed by atoms with Crippen molar-refractivity contribution < 1.29 is 22.5 Å². The number of nitro groups is 1. The lowest BCUT2D eigenvalue weighted by atomic mass is 10.1. The molecule has 0 spiro atoms. The highest BCUT2D eigenvalue weighted by Gasteiger charge is 2.38. The molecule has 0 saturated carbocycles. The second-order valence-electron chi connectivity index (χ2n) is 6.14. The van der Waals surface area contributed by atoms with Crippen molar-refractivity contribution in [3.8, 4) is 0 Å². The monoisotopic (exact) mass is 369 g/mol. The van der Waals surface area contributed by atoms with Crippen LogP contribution in [0.15, 0.2) is 41.0 Å². The van der Waals surface area contributed by atoms with Crippen molar-refractivity contribution in [1.82, 2.24) is 4.90 Å². The third-order valence-corrected chi connectivity index (χ3v) is 4.45. The maximum absolute atomic E-state index is 13.1. The summed E-state index contributed by atoms with van der Waals surface area (Å²) >= 11 is 0. The number of nitrogens with one attached hydrogen (secondary N) is 1. The van der Waals surface area contributed by atoms with Gasteiger partial charge in [-0.1, -0.05) is 0 Å². The second-order valence-corrected chi connectivity index (χ2v) is 6.14. The average molecular weight is 369 g/mol. The number of benzene rings is 1. The normalized spacial score (nSPS) is 16.6.